The fraction of sp³-hybridized carbons (Fsp3) is 0.240. The van der Waals surface area contributed by atoms with Crippen LogP contribution >= 0.6 is 0 Å². The van der Waals surface area contributed by atoms with Gasteiger partial charge in [-0.25, -0.2) is 0 Å². The summed E-state index contributed by atoms with van der Waals surface area (Å²) < 4.78 is 5.75. The van der Waals surface area contributed by atoms with Crippen molar-refractivity contribution in [3.8, 4) is 5.75 Å². The highest BCUT2D eigenvalue weighted by Gasteiger charge is 2.17. The molecular weight excluding hydrogens is 390 g/mol. The molecule has 0 fully saturated rings. The summed E-state index contributed by atoms with van der Waals surface area (Å²) in [4.78, 5) is 28.1. The maximum absolute atomic E-state index is 12.5. The number of pyridine rings is 1. The lowest BCUT2D eigenvalue weighted by molar-refractivity contribution is -0.122. The third-order valence-electron chi connectivity index (χ3n) is 4.79. The van der Waals surface area contributed by atoms with Crippen LogP contribution in [0.25, 0.3) is 0 Å². The molecule has 0 aliphatic carbocycles. The number of rotatable bonds is 9. The van der Waals surface area contributed by atoms with E-state index in [0.29, 0.717) is 13.2 Å². The lowest BCUT2D eigenvalue weighted by Gasteiger charge is -2.18. The van der Waals surface area contributed by atoms with Crippen LogP contribution in [0.3, 0.4) is 0 Å². The number of ether oxygens (including phenoxy) is 1. The Kier molecular flexibility index (Phi) is 7.76. The first-order valence-electron chi connectivity index (χ1n) is 10.2. The number of benzene rings is 2. The lowest BCUT2D eigenvalue weighted by atomic mass is 10.0. The highest BCUT2D eigenvalue weighted by molar-refractivity contribution is 5.79. The van der Waals surface area contributed by atoms with E-state index in [0.717, 1.165) is 28.0 Å². The number of carbonyl (C=O) groups is 2. The van der Waals surface area contributed by atoms with Gasteiger partial charge in [0.2, 0.25) is 11.8 Å². The molecule has 0 spiro atoms. The van der Waals surface area contributed by atoms with Crippen LogP contribution in [0.1, 0.15) is 41.6 Å². The summed E-state index contributed by atoms with van der Waals surface area (Å²) in [5.41, 5.74) is 4.00. The van der Waals surface area contributed by atoms with E-state index < -0.39 is 0 Å². The third-order valence-corrected chi connectivity index (χ3v) is 4.79. The van der Waals surface area contributed by atoms with Crippen molar-refractivity contribution in [1.29, 1.82) is 0 Å². The van der Waals surface area contributed by atoms with Crippen LogP contribution in [0.5, 0.6) is 5.75 Å². The highest BCUT2D eigenvalue weighted by Crippen LogP contribution is 2.18. The molecule has 3 rings (SSSR count). The van der Waals surface area contributed by atoms with Gasteiger partial charge in [-0.05, 0) is 36.2 Å². The third kappa shape index (κ3) is 7.26. The Balaban J connectivity index is 1.50. The van der Waals surface area contributed by atoms with Crippen molar-refractivity contribution in [3.05, 3.63) is 95.3 Å². The Bertz CT molecular complexity index is 987. The number of hydrogen-bond donors (Lipinski definition) is 2. The van der Waals surface area contributed by atoms with Crippen molar-refractivity contribution in [1.82, 2.24) is 15.6 Å². The van der Waals surface area contributed by atoms with Gasteiger partial charge in [-0.2, -0.15) is 0 Å². The predicted molar refractivity (Wildman–Crippen MR) is 119 cm³/mol. The van der Waals surface area contributed by atoms with Crippen LogP contribution in [-0.2, 0) is 22.7 Å². The minimum absolute atomic E-state index is 0.128. The molecule has 0 saturated heterocycles. The largest absolute Gasteiger partial charge is 0.489 e. The maximum atomic E-state index is 12.5. The molecule has 1 heterocycles. The van der Waals surface area contributed by atoms with Crippen molar-refractivity contribution in [2.45, 2.75) is 39.5 Å². The van der Waals surface area contributed by atoms with Crippen LogP contribution in [-0.4, -0.2) is 16.8 Å². The first-order chi connectivity index (χ1) is 15.0. The van der Waals surface area contributed by atoms with Crippen molar-refractivity contribution in [3.63, 3.8) is 0 Å². The smallest absolute Gasteiger partial charge is 0.222 e. The maximum Gasteiger partial charge on any atom is 0.222 e. The van der Waals surface area contributed by atoms with E-state index >= 15 is 0 Å². The second kappa shape index (κ2) is 10.9. The van der Waals surface area contributed by atoms with Gasteiger partial charge in [0.1, 0.15) is 12.4 Å². The zero-order valence-corrected chi connectivity index (χ0v) is 17.8. The van der Waals surface area contributed by atoms with E-state index in [-0.39, 0.29) is 24.3 Å². The number of carbonyl (C=O) groups excluding carboxylic acids is 2. The quantitative estimate of drug-likeness (QED) is 0.554. The molecule has 6 heteroatoms. The summed E-state index contributed by atoms with van der Waals surface area (Å²) in [6.45, 7) is 4.31. The Morgan fingerprint density at radius 2 is 1.74 bits per heavy atom. The fourth-order valence-electron chi connectivity index (χ4n) is 3.11. The first-order valence-corrected chi connectivity index (χ1v) is 10.2. The number of nitrogens with zero attached hydrogens (tertiary/aromatic N) is 1. The molecule has 31 heavy (non-hydrogen) atoms. The molecule has 0 aliphatic heterocycles. The van der Waals surface area contributed by atoms with Gasteiger partial charge in [0.15, 0.2) is 0 Å². The molecule has 3 aromatic rings. The van der Waals surface area contributed by atoms with Gasteiger partial charge in [-0.15, -0.1) is 0 Å². The monoisotopic (exact) mass is 417 g/mol. The predicted octanol–water partition coefficient (Wildman–Crippen LogP) is 3.85. The summed E-state index contributed by atoms with van der Waals surface area (Å²) in [7, 11) is 0. The molecule has 1 unspecified atom stereocenters. The normalized spacial score (nSPS) is 11.4. The Hall–Kier alpha value is -3.67. The van der Waals surface area contributed by atoms with E-state index in [1.165, 1.54) is 6.92 Å². The Morgan fingerprint density at radius 3 is 2.39 bits per heavy atom. The second-order valence-corrected chi connectivity index (χ2v) is 7.44. The Morgan fingerprint density at radius 1 is 1.00 bits per heavy atom. The first kappa shape index (κ1) is 22.0. The number of aromatic nitrogens is 1. The van der Waals surface area contributed by atoms with E-state index in [1.54, 1.807) is 12.4 Å². The van der Waals surface area contributed by atoms with Gasteiger partial charge in [0.05, 0.1) is 12.5 Å². The number of hydrogen-bond acceptors (Lipinski definition) is 4. The molecule has 0 aliphatic rings. The van der Waals surface area contributed by atoms with Gasteiger partial charge >= 0.3 is 0 Å². The summed E-state index contributed by atoms with van der Waals surface area (Å²) in [5, 5.41) is 5.78. The van der Waals surface area contributed by atoms with Crippen molar-refractivity contribution >= 4 is 11.8 Å². The van der Waals surface area contributed by atoms with Crippen LogP contribution in [0, 0.1) is 6.92 Å². The van der Waals surface area contributed by atoms with Crippen LogP contribution < -0.4 is 15.4 Å². The van der Waals surface area contributed by atoms with E-state index in [4.69, 9.17) is 4.74 Å². The van der Waals surface area contributed by atoms with Crippen molar-refractivity contribution < 1.29 is 14.3 Å². The van der Waals surface area contributed by atoms with E-state index in [2.05, 4.69) is 15.6 Å². The van der Waals surface area contributed by atoms with Gasteiger partial charge in [-0.3, -0.25) is 14.6 Å². The van der Waals surface area contributed by atoms with Gasteiger partial charge in [0.25, 0.3) is 0 Å². The van der Waals surface area contributed by atoms with Crippen molar-refractivity contribution in [2.24, 2.45) is 0 Å². The summed E-state index contributed by atoms with van der Waals surface area (Å²) in [6, 6.07) is 18.9. The molecule has 6 nitrogen and oxygen atoms in total. The molecule has 2 aromatic carbocycles. The molecule has 0 bridgehead atoms. The summed E-state index contributed by atoms with van der Waals surface area (Å²) >= 11 is 0. The zero-order chi connectivity index (χ0) is 22.1. The van der Waals surface area contributed by atoms with Crippen molar-refractivity contribution in [2.75, 3.05) is 0 Å². The molecule has 1 aromatic heterocycles. The minimum atomic E-state index is -0.360. The van der Waals surface area contributed by atoms with E-state index in [9.17, 15) is 9.59 Å². The zero-order valence-electron chi connectivity index (χ0n) is 17.8. The number of amides is 2. The molecule has 160 valence electrons. The average molecular weight is 418 g/mol. The SMILES string of the molecule is CC(=O)NC(CC(=O)NCc1ccc(OCc2cccnc2)cc1)c1ccc(C)cc1. The van der Waals surface area contributed by atoms with Crippen LogP contribution in [0.15, 0.2) is 73.1 Å². The number of aryl methyl sites for hydroxylation is 1. The molecule has 0 radical (unpaired) electrons. The minimum Gasteiger partial charge on any atom is -0.489 e. The van der Waals surface area contributed by atoms with Gasteiger partial charge in [-0.1, -0.05) is 48.0 Å². The lowest BCUT2D eigenvalue weighted by Crippen LogP contribution is -2.32. The van der Waals surface area contributed by atoms with Crippen LogP contribution in [0.4, 0.5) is 0 Å². The molecule has 2 N–H and O–H groups in total. The molecule has 1 atom stereocenters. The van der Waals surface area contributed by atoms with Gasteiger partial charge < -0.3 is 15.4 Å². The summed E-state index contributed by atoms with van der Waals surface area (Å²) in [6.07, 6.45) is 3.68. The molecular formula is C25H27N3O3. The highest BCUT2D eigenvalue weighted by atomic mass is 16.5. The van der Waals surface area contributed by atoms with Gasteiger partial charge in [0, 0.05) is 31.4 Å². The standard InChI is InChI=1S/C25H27N3O3/c1-18-5-9-22(10-6-18)24(28-19(2)29)14-25(30)27-16-20-7-11-23(12-8-20)31-17-21-4-3-13-26-15-21/h3-13,15,24H,14,16-17H2,1-2H3,(H,27,30)(H,28,29). The second-order valence-electron chi connectivity index (χ2n) is 7.44. The summed E-state index contributed by atoms with van der Waals surface area (Å²) in [5.74, 6) is 0.459. The fourth-order valence-corrected chi connectivity index (χ4v) is 3.11. The van der Waals surface area contributed by atoms with E-state index in [1.807, 2.05) is 67.6 Å². The topological polar surface area (TPSA) is 80.3 Å². The average Bonchev–Trinajstić information content (AvgIpc) is 2.77. The number of nitrogens with one attached hydrogen (secondary N) is 2. The van der Waals surface area contributed by atoms with Crippen LogP contribution in [0.2, 0.25) is 0 Å². The molecule has 2 amide bonds. The molecule has 0 saturated carbocycles. The Labute approximate surface area is 182 Å².